The van der Waals surface area contributed by atoms with Crippen molar-refractivity contribution in [2.45, 2.75) is 6.54 Å². The summed E-state index contributed by atoms with van der Waals surface area (Å²) in [5, 5.41) is 9.56. The van der Waals surface area contributed by atoms with E-state index in [1.807, 2.05) is 6.21 Å². The van der Waals surface area contributed by atoms with Gasteiger partial charge in [-0.2, -0.15) is 5.10 Å². The Hall–Kier alpha value is -2.85. The molecule has 1 fully saturated rings. The Bertz CT molecular complexity index is 933. The molecule has 1 aliphatic heterocycles. The predicted octanol–water partition coefficient (Wildman–Crippen LogP) is 4.06. The summed E-state index contributed by atoms with van der Waals surface area (Å²) in [5.74, 6) is 0. The van der Waals surface area contributed by atoms with Gasteiger partial charge in [0.2, 0.25) is 0 Å². The van der Waals surface area contributed by atoms with Crippen LogP contribution < -0.4 is 4.90 Å². The van der Waals surface area contributed by atoms with Crippen molar-refractivity contribution in [3.63, 3.8) is 0 Å². The molecule has 0 bridgehead atoms. The van der Waals surface area contributed by atoms with Gasteiger partial charge in [0.25, 0.3) is 0 Å². The van der Waals surface area contributed by atoms with Gasteiger partial charge in [0.1, 0.15) is 0 Å². The van der Waals surface area contributed by atoms with E-state index in [0.717, 1.165) is 38.3 Å². The lowest BCUT2D eigenvalue weighted by Gasteiger charge is -2.33. The normalized spacial score (nSPS) is 15.4. The zero-order valence-corrected chi connectivity index (χ0v) is 16.8. The molecule has 144 valence electrons. The standard InChI is InChI=1S/C24H28N4/c1-26(2)23-12-10-20(11-13-23)18-25-28-16-14-27(15-17-28)19-22-8-5-7-21-6-3-4-9-24(21)22/h3-13,18H,14-17,19H2,1-2H3/b25-18-. The van der Waals surface area contributed by atoms with Crippen LogP contribution in [0.15, 0.2) is 71.8 Å². The molecule has 0 saturated carbocycles. The summed E-state index contributed by atoms with van der Waals surface area (Å²) in [5.41, 5.74) is 3.76. The summed E-state index contributed by atoms with van der Waals surface area (Å²) in [7, 11) is 4.11. The van der Waals surface area contributed by atoms with Gasteiger partial charge >= 0.3 is 0 Å². The Labute approximate surface area is 167 Å². The van der Waals surface area contributed by atoms with Gasteiger partial charge in [-0.25, -0.2) is 0 Å². The third-order valence-electron chi connectivity index (χ3n) is 5.40. The third-order valence-corrected chi connectivity index (χ3v) is 5.40. The third kappa shape index (κ3) is 4.34. The minimum absolute atomic E-state index is 0.969. The van der Waals surface area contributed by atoms with Crippen molar-refractivity contribution in [2.75, 3.05) is 45.2 Å². The fraction of sp³-hybridized carbons (Fsp3) is 0.292. The number of fused-ring (bicyclic) bond motifs is 1. The first-order chi connectivity index (χ1) is 13.7. The average molecular weight is 373 g/mol. The van der Waals surface area contributed by atoms with E-state index in [9.17, 15) is 0 Å². The molecule has 0 aromatic heterocycles. The van der Waals surface area contributed by atoms with E-state index in [2.05, 4.69) is 101 Å². The number of benzene rings is 3. The van der Waals surface area contributed by atoms with Crippen LogP contribution in [0.25, 0.3) is 10.8 Å². The highest BCUT2D eigenvalue weighted by atomic mass is 15.5. The van der Waals surface area contributed by atoms with E-state index in [4.69, 9.17) is 0 Å². The van der Waals surface area contributed by atoms with E-state index in [1.54, 1.807) is 0 Å². The van der Waals surface area contributed by atoms with Gasteiger partial charge in [-0.15, -0.1) is 0 Å². The van der Waals surface area contributed by atoms with Crippen LogP contribution in [-0.2, 0) is 6.54 Å². The van der Waals surface area contributed by atoms with Crippen molar-refractivity contribution >= 4 is 22.7 Å². The minimum atomic E-state index is 0.969. The zero-order chi connectivity index (χ0) is 19.3. The molecule has 1 aliphatic rings. The first kappa shape index (κ1) is 18.5. The molecule has 28 heavy (non-hydrogen) atoms. The molecule has 4 heteroatoms. The van der Waals surface area contributed by atoms with Crippen molar-refractivity contribution in [1.29, 1.82) is 0 Å². The molecule has 3 aromatic carbocycles. The number of piperazine rings is 1. The highest BCUT2D eigenvalue weighted by Crippen LogP contribution is 2.20. The van der Waals surface area contributed by atoms with Crippen molar-refractivity contribution < 1.29 is 0 Å². The quantitative estimate of drug-likeness (QED) is 0.631. The van der Waals surface area contributed by atoms with Crippen LogP contribution in [-0.4, -0.2) is 56.4 Å². The second kappa shape index (κ2) is 8.44. The van der Waals surface area contributed by atoms with Crippen molar-refractivity contribution in [3.05, 3.63) is 77.9 Å². The van der Waals surface area contributed by atoms with Crippen molar-refractivity contribution in [2.24, 2.45) is 5.10 Å². The zero-order valence-electron chi connectivity index (χ0n) is 16.8. The monoisotopic (exact) mass is 372 g/mol. The summed E-state index contributed by atoms with van der Waals surface area (Å²) in [4.78, 5) is 4.63. The minimum Gasteiger partial charge on any atom is -0.378 e. The Morgan fingerprint density at radius 2 is 1.57 bits per heavy atom. The number of rotatable bonds is 5. The van der Waals surface area contributed by atoms with E-state index >= 15 is 0 Å². The number of hydrogen-bond donors (Lipinski definition) is 0. The second-order valence-corrected chi connectivity index (χ2v) is 7.60. The van der Waals surface area contributed by atoms with Gasteiger partial charge in [0.05, 0.1) is 6.21 Å². The molecule has 0 radical (unpaired) electrons. The van der Waals surface area contributed by atoms with Crippen molar-refractivity contribution in [3.8, 4) is 0 Å². The first-order valence-corrected chi connectivity index (χ1v) is 9.94. The summed E-state index contributed by atoms with van der Waals surface area (Å²) in [6.07, 6.45) is 1.97. The maximum atomic E-state index is 4.69. The number of anilines is 1. The largest absolute Gasteiger partial charge is 0.378 e. The van der Waals surface area contributed by atoms with E-state index in [0.29, 0.717) is 0 Å². The van der Waals surface area contributed by atoms with Crippen LogP contribution in [0.5, 0.6) is 0 Å². The van der Waals surface area contributed by atoms with Crippen LogP contribution in [0.2, 0.25) is 0 Å². The van der Waals surface area contributed by atoms with E-state index in [1.165, 1.54) is 22.0 Å². The molecule has 3 aromatic rings. The molecule has 0 N–H and O–H groups in total. The molecular formula is C24H28N4. The lowest BCUT2D eigenvalue weighted by molar-refractivity contribution is 0.131. The molecule has 1 saturated heterocycles. The molecule has 0 aliphatic carbocycles. The van der Waals surface area contributed by atoms with Crippen LogP contribution in [0.1, 0.15) is 11.1 Å². The maximum absolute atomic E-state index is 4.69. The molecule has 4 nitrogen and oxygen atoms in total. The van der Waals surface area contributed by atoms with E-state index < -0.39 is 0 Å². The number of hydrazone groups is 1. The molecule has 0 spiro atoms. The lowest BCUT2D eigenvalue weighted by atomic mass is 10.0. The molecule has 4 rings (SSSR count). The predicted molar refractivity (Wildman–Crippen MR) is 119 cm³/mol. The van der Waals surface area contributed by atoms with Gasteiger partial charge in [-0.3, -0.25) is 9.91 Å². The van der Waals surface area contributed by atoms with Gasteiger partial charge in [0, 0.05) is 52.5 Å². The fourth-order valence-corrected chi connectivity index (χ4v) is 3.69. The van der Waals surface area contributed by atoms with Crippen LogP contribution in [0.3, 0.4) is 0 Å². The SMILES string of the molecule is CN(C)c1ccc(/C=N\N2CCN(Cc3cccc4ccccc34)CC2)cc1. The van der Waals surface area contributed by atoms with Gasteiger partial charge in [-0.05, 0) is 34.0 Å². The van der Waals surface area contributed by atoms with Gasteiger partial charge in [-0.1, -0.05) is 54.6 Å². The Kier molecular flexibility index (Phi) is 5.58. The maximum Gasteiger partial charge on any atom is 0.0542 e. The van der Waals surface area contributed by atoms with Gasteiger partial charge < -0.3 is 4.90 Å². The molecule has 0 unspecified atom stereocenters. The van der Waals surface area contributed by atoms with Crippen molar-refractivity contribution in [1.82, 2.24) is 9.91 Å². The molecule has 1 heterocycles. The number of nitrogens with zero attached hydrogens (tertiary/aromatic N) is 4. The topological polar surface area (TPSA) is 22.1 Å². The Morgan fingerprint density at radius 1 is 0.857 bits per heavy atom. The van der Waals surface area contributed by atoms with Gasteiger partial charge in [0.15, 0.2) is 0 Å². The van der Waals surface area contributed by atoms with E-state index in [-0.39, 0.29) is 0 Å². The molecule has 0 amide bonds. The Balaban J connectivity index is 1.33. The molecule has 0 atom stereocenters. The first-order valence-electron chi connectivity index (χ1n) is 9.94. The summed E-state index contributed by atoms with van der Waals surface area (Å²) in [6.45, 7) is 5.03. The van der Waals surface area contributed by atoms with Crippen LogP contribution in [0, 0.1) is 0 Å². The summed E-state index contributed by atoms with van der Waals surface area (Å²) >= 11 is 0. The lowest BCUT2D eigenvalue weighted by Crippen LogP contribution is -2.43. The average Bonchev–Trinajstić information content (AvgIpc) is 2.74. The molecular weight excluding hydrogens is 344 g/mol. The highest BCUT2D eigenvalue weighted by Gasteiger charge is 2.16. The van der Waals surface area contributed by atoms with Crippen LogP contribution in [0.4, 0.5) is 5.69 Å². The number of hydrogen-bond acceptors (Lipinski definition) is 4. The van der Waals surface area contributed by atoms with Crippen LogP contribution >= 0.6 is 0 Å². The summed E-state index contributed by atoms with van der Waals surface area (Å²) in [6, 6.07) is 23.8. The smallest absolute Gasteiger partial charge is 0.0542 e. The Morgan fingerprint density at radius 3 is 2.32 bits per heavy atom. The second-order valence-electron chi connectivity index (χ2n) is 7.60. The fourth-order valence-electron chi connectivity index (χ4n) is 3.69. The summed E-state index contributed by atoms with van der Waals surface area (Å²) < 4.78 is 0. The highest BCUT2D eigenvalue weighted by molar-refractivity contribution is 5.85.